The SMILES string of the molecule is CC(=O)N/C(=C/c1ccccc1)C(=O)OCC(=O)Nc1ccc2c(c1)OCCO2. The van der Waals surface area contributed by atoms with Crippen LogP contribution in [0.25, 0.3) is 6.08 Å². The Hall–Kier alpha value is -3.81. The Kier molecular flexibility index (Phi) is 6.47. The second-order valence-electron chi connectivity index (χ2n) is 6.13. The number of benzene rings is 2. The van der Waals surface area contributed by atoms with E-state index in [0.29, 0.717) is 36.0 Å². The minimum absolute atomic E-state index is 0.0594. The Morgan fingerprint density at radius 1 is 1.03 bits per heavy atom. The smallest absolute Gasteiger partial charge is 0.355 e. The van der Waals surface area contributed by atoms with E-state index in [1.54, 1.807) is 42.5 Å². The van der Waals surface area contributed by atoms with Crippen LogP contribution in [0.1, 0.15) is 12.5 Å². The lowest BCUT2D eigenvalue weighted by Gasteiger charge is -2.19. The zero-order valence-electron chi connectivity index (χ0n) is 15.8. The summed E-state index contributed by atoms with van der Waals surface area (Å²) < 4.78 is 15.9. The Bertz CT molecular complexity index is 939. The minimum Gasteiger partial charge on any atom is -0.486 e. The molecule has 29 heavy (non-hydrogen) atoms. The number of hydrogen-bond acceptors (Lipinski definition) is 6. The zero-order chi connectivity index (χ0) is 20.6. The molecular formula is C21H20N2O6. The van der Waals surface area contributed by atoms with E-state index in [4.69, 9.17) is 14.2 Å². The molecule has 0 bridgehead atoms. The van der Waals surface area contributed by atoms with Crippen LogP contribution in [0.15, 0.2) is 54.2 Å². The average molecular weight is 396 g/mol. The fourth-order valence-corrected chi connectivity index (χ4v) is 2.58. The topological polar surface area (TPSA) is 103 Å². The zero-order valence-corrected chi connectivity index (χ0v) is 15.8. The molecule has 3 rings (SSSR count). The number of fused-ring (bicyclic) bond motifs is 1. The molecule has 0 saturated carbocycles. The first kappa shape index (κ1) is 19.9. The summed E-state index contributed by atoms with van der Waals surface area (Å²) >= 11 is 0. The normalized spacial score (nSPS) is 12.7. The van der Waals surface area contributed by atoms with Crippen LogP contribution in [0.4, 0.5) is 5.69 Å². The van der Waals surface area contributed by atoms with Crippen molar-refractivity contribution in [3.05, 3.63) is 59.8 Å². The Morgan fingerprint density at radius 2 is 1.76 bits per heavy atom. The highest BCUT2D eigenvalue weighted by molar-refractivity contribution is 5.99. The highest BCUT2D eigenvalue weighted by Crippen LogP contribution is 2.32. The molecule has 0 saturated heterocycles. The van der Waals surface area contributed by atoms with Gasteiger partial charge in [0.05, 0.1) is 0 Å². The summed E-state index contributed by atoms with van der Waals surface area (Å²) in [5.41, 5.74) is 1.13. The molecule has 1 heterocycles. The van der Waals surface area contributed by atoms with Crippen molar-refractivity contribution in [3.8, 4) is 11.5 Å². The van der Waals surface area contributed by atoms with Crippen molar-refractivity contribution in [2.45, 2.75) is 6.92 Å². The minimum atomic E-state index is -0.818. The first-order valence-corrected chi connectivity index (χ1v) is 8.92. The third kappa shape index (κ3) is 5.83. The summed E-state index contributed by atoms with van der Waals surface area (Å²) in [6.45, 7) is 1.67. The maximum atomic E-state index is 12.3. The van der Waals surface area contributed by atoms with Gasteiger partial charge in [-0.25, -0.2) is 4.79 Å². The van der Waals surface area contributed by atoms with Gasteiger partial charge in [-0.1, -0.05) is 30.3 Å². The van der Waals surface area contributed by atoms with Gasteiger partial charge in [0.25, 0.3) is 5.91 Å². The largest absolute Gasteiger partial charge is 0.486 e. The summed E-state index contributed by atoms with van der Waals surface area (Å²) in [5.74, 6) is -0.639. The number of hydrogen-bond donors (Lipinski definition) is 2. The molecular weight excluding hydrogens is 376 g/mol. The number of amides is 2. The molecule has 0 aliphatic carbocycles. The quantitative estimate of drug-likeness (QED) is 0.573. The first-order valence-electron chi connectivity index (χ1n) is 8.92. The van der Waals surface area contributed by atoms with Gasteiger partial charge >= 0.3 is 5.97 Å². The van der Waals surface area contributed by atoms with E-state index in [1.807, 2.05) is 6.07 Å². The molecule has 1 aliphatic rings. The number of nitrogens with one attached hydrogen (secondary N) is 2. The Balaban J connectivity index is 1.59. The van der Waals surface area contributed by atoms with Gasteiger partial charge in [0.15, 0.2) is 18.1 Å². The van der Waals surface area contributed by atoms with Gasteiger partial charge in [-0.3, -0.25) is 9.59 Å². The number of carbonyl (C=O) groups excluding carboxylic acids is 3. The third-order valence-corrected chi connectivity index (χ3v) is 3.80. The highest BCUT2D eigenvalue weighted by atomic mass is 16.6. The number of anilines is 1. The maximum Gasteiger partial charge on any atom is 0.355 e. The van der Waals surface area contributed by atoms with E-state index in [-0.39, 0.29) is 5.70 Å². The molecule has 8 nitrogen and oxygen atoms in total. The van der Waals surface area contributed by atoms with Crippen LogP contribution in [0.5, 0.6) is 11.5 Å². The molecule has 0 atom stereocenters. The lowest BCUT2D eigenvalue weighted by molar-refractivity contribution is -0.144. The van der Waals surface area contributed by atoms with Gasteiger partial charge in [0.2, 0.25) is 5.91 Å². The Morgan fingerprint density at radius 3 is 2.48 bits per heavy atom. The Labute approximate surface area is 167 Å². The molecule has 0 spiro atoms. The molecule has 150 valence electrons. The van der Waals surface area contributed by atoms with Crippen molar-refractivity contribution in [2.24, 2.45) is 0 Å². The van der Waals surface area contributed by atoms with Crippen molar-refractivity contribution < 1.29 is 28.6 Å². The van der Waals surface area contributed by atoms with Crippen LogP contribution >= 0.6 is 0 Å². The van der Waals surface area contributed by atoms with Crippen LogP contribution in [0.3, 0.4) is 0 Å². The monoisotopic (exact) mass is 396 g/mol. The van der Waals surface area contributed by atoms with Gasteiger partial charge < -0.3 is 24.8 Å². The molecule has 2 aromatic carbocycles. The molecule has 2 amide bonds. The summed E-state index contributed by atoms with van der Waals surface area (Å²) in [7, 11) is 0. The molecule has 0 aromatic heterocycles. The van der Waals surface area contributed by atoms with Gasteiger partial charge in [-0.15, -0.1) is 0 Å². The second-order valence-corrected chi connectivity index (χ2v) is 6.13. The molecule has 2 aromatic rings. The van der Waals surface area contributed by atoms with Crippen molar-refractivity contribution in [1.29, 1.82) is 0 Å². The number of carbonyl (C=O) groups is 3. The molecule has 0 radical (unpaired) electrons. The van der Waals surface area contributed by atoms with Crippen molar-refractivity contribution in [2.75, 3.05) is 25.1 Å². The highest BCUT2D eigenvalue weighted by Gasteiger charge is 2.16. The maximum absolute atomic E-state index is 12.3. The number of rotatable bonds is 6. The lowest BCUT2D eigenvalue weighted by Crippen LogP contribution is -2.28. The molecule has 0 fully saturated rings. The lowest BCUT2D eigenvalue weighted by atomic mass is 10.2. The van der Waals surface area contributed by atoms with Gasteiger partial charge in [-0.2, -0.15) is 0 Å². The van der Waals surface area contributed by atoms with Crippen LogP contribution < -0.4 is 20.1 Å². The predicted molar refractivity (Wildman–Crippen MR) is 105 cm³/mol. The average Bonchev–Trinajstić information content (AvgIpc) is 2.72. The molecule has 8 heteroatoms. The standard InChI is InChI=1S/C21H20N2O6/c1-14(24)22-17(11-15-5-3-2-4-6-15)21(26)29-13-20(25)23-16-7-8-18-19(12-16)28-10-9-27-18/h2-8,11-12H,9-10,13H2,1H3,(H,22,24)(H,23,25)/b17-11+. The number of ether oxygens (including phenoxy) is 3. The molecule has 0 unspecified atom stereocenters. The van der Waals surface area contributed by atoms with Gasteiger partial charge in [-0.05, 0) is 23.8 Å². The second kappa shape index (κ2) is 9.41. The van der Waals surface area contributed by atoms with Gasteiger partial charge in [0, 0.05) is 18.7 Å². The van der Waals surface area contributed by atoms with E-state index in [9.17, 15) is 14.4 Å². The van der Waals surface area contributed by atoms with Crippen molar-refractivity contribution >= 4 is 29.5 Å². The first-order chi connectivity index (χ1) is 14.0. The van der Waals surface area contributed by atoms with E-state index in [1.165, 1.54) is 13.0 Å². The van der Waals surface area contributed by atoms with Crippen molar-refractivity contribution in [1.82, 2.24) is 5.32 Å². The van der Waals surface area contributed by atoms with E-state index < -0.39 is 24.4 Å². The van der Waals surface area contributed by atoms with E-state index in [2.05, 4.69) is 10.6 Å². The fourth-order valence-electron chi connectivity index (χ4n) is 2.58. The van der Waals surface area contributed by atoms with Crippen LogP contribution in [0.2, 0.25) is 0 Å². The summed E-state index contributed by atoms with van der Waals surface area (Å²) in [5, 5.41) is 5.04. The predicted octanol–water partition coefficient (Wildman–Crippen LogP) is 2.12. The third-order valence-electron chi connectivity index (χ3n) is 3.80. The van der Waals surface area contributed by atoms with Crippen LogP contribution in [-0.4, -0.2) is 37.6 Å². The van der Waals surface area contributed by atoms with Gasteiger partial charge in [0.1, 0.15) is 18.9 Å². The summed E-state index contributed by atoms with van der Waals surface area (Å²) in [6.07, 6.45) is 1.47. The van der Waals surface area contributed by atoms with E-state index in [0.717, 1.165) is 0 Å². The molecule has 1 aliphatic heterocycles. The van der Waals surface area contributed by atoms with Crippen LogP contribution in [-0.2, 0) is 19.1 Å². The van der Waals surface area contributed by atoms with E-state index >= 15 is 0 Å². The summed E-state index contributed by atoms with van der Waals surface area (Å²) in [6, 6.07) is 13.9. The summed E-state index contributed by atoms with van der Waals surface area (Å²) in [4.78, 5) is 35.8. The fraction of sp³-hybridized carbons (Fsp3) is 0.190. The number of esters is 1. The molecule has 2 N–H and O–H groups in total. The van der Waals surface area contributed by atoms with Crippen molar-refractivity contribution in [3.63, 3.8) is 0 Å². The van der Waals surface area contributed by atoms with Crippen LogP contribution in [0, 0.1) is 0 Å².